The molecule has 162 valence electrons. The van der Waals surface area contributed by atoms with Crippen LogP contribution in [0.3, 0.4) is 0 Å². The second-order valence-corrected chi connectivity index (χ2v) is 9.52. The molecular formula is C23H31N3O3S. The third-order valence-electron chi connectivity index (χ3n) is 5.65. The van der Waals surface area contributed by atoms with Crippen molar-refractivity contribution in [2.24, 2.45) is 0 Å². The first-order valence-electron chi connectivity index (χ1n) is 10.6. The molecule has 0 aliphatic carbocycles. The summed E-state index contributed by atoms with van der Waals surface area (Å²) in [7, 11) is -3.63. The summed E-state index contributed by atoms with van der Waals surface area (Å²) in [5, 5.41) is 3.01. The van der Waals surface area contributed by atoms with E-state index in [1.807, 2.05) is 31.2 Å². The van der Waals surface area contributed by atoms with Crippen molar-refractivity contribution in [3.8, 4) is 0 Å². The van der Waals surface area contributed by atoms with Crippen molar-refractivity contribution < 1.29 is 13.2 Å². The van der Waals surface area contributed by atoms with Gasteiger partial charge in [0.05, 0.1) is 16.3 Å². The zero-order chi connectivity index (χ0) is 21.7. The van der Waals surface area contributed by atoms with Crippen LogP contribution in [0.15, 0.2) is 47.4 Å². The van der Waals surface area contributed by atoms with Gasteiger partial charge in [0.1, 0.15) is 0 Å². The van der Waals surface area contributed by atoms with E-state index in [9.17, 15) is 13.2 Å². The van der Waals surface area contributed by atoms with E-state index in [1.165, 1.54) is 16.8 Å². The Kier molecular flexibility index (Phi) is 7.15. The Morgan fingerprint density at radius 2 is 1.70 bits per heavy atom. The van der Waals surface area contributed by atoms with Gasteiger partial charge in [-0.25, -0.2) is 8.42 Å². The second kappa shape index (κ2) is 9.62. The lowest BCUT2D eigenvalue weighted by atomic mass is 10.1. The lowest BCUT2D eigenvalue weighted by Gasteiger charge is -2.30. The summed E-state index contributed by atoms with van der Waals surface area (Å²) >= 11 is 0. The Bertz CT molecular complexity index is 995. The number of aryl methyl sites for hydroxylation is 1. The van der Waals surface area contributed by atoms with E-state index in [0.717, 1.165) is 42.9 Å². The van der Waals surface area contributed by atoms with Gasteiger partial charge in [0.25, 0.3) is 5.91 Å². The molecule has 1 saturated heterocycles. The Morgan fingerprint density at radius 3 is 2.37 bits per heavy atom. The van der Waals surface area contributed by atoms with Crippen molar-refractivity contribution in [2.45, 2.75) is 44.9 Å². The van der Waals surface area contributed by atoms with Crippen molar-refractivity contribution in [3.05, 3.63) is 53.6 Å². The summed E-state index contributed by atoms with van der Waals surface area (Å²) in [6, 6.07) is 12.5. The molecule has 0 unspecified atom stereocenters. The summed E-state index contributed by atoms with van der Waals surface area (Å²) in [4.78, 5) is 15.6. The first-order chi connectivity index (χ1) is 14.4. The Labute approximate surface area is 179 Å². The number of anilines is 2. The maximum Gasteiger partial charge on any atom is 0.256 e. The van der Waals surface area contributed by atoms with E-state index < -0.39 is 10.0 Å². The van der Waals surface area contributed by atoms with Crippen LogP contribution in [-0.2, 0) is 10.0 Å². The average Bonchev–Trinajstić information content (AvgIpc) is 2.75. The second-order valence-electron chi connectivity index (χ2n) is 7.59. The molecule has 1 heterocycles. The van der Waals surface area contributed by atoms with E-state index >= 15 is 0 Å². The highest BCUT2D eigenvalue weighted by Crippen LogP contribution is 2.29. The fraction of sp³-hybridized carbons (Fsp3) is 0.435. The minimum absolute atomic E-state index is 0.145. The van der Waals surface area contributed by atoms with E-state index in [0.29, 0.717) is 18.7 Å². The van der Waals surface area contributed by atoms with Gasteiger partial charge in [-0.05, 0) is 56.0 Å². The van der Waals surface area contributed by atoms with Crippen molar-refractivity contribution in [1.82, 2.24) is 4.31 Å². The lowest BCUT2D eigenvalue weighted by molar-refractivity contribution is 0.102. The van der Waals surface area contributed by atoms with Gasteiger partial charge in [-0.1, -0.05) is 32.0 Å². The molecule has 0 atom stereocenters. The molecule has 0 radical (unpaired) electrons. The molecule has 0 spiro atoms. The summed E-state index contributed by atoms with van der Waals surface area (Å²) in [5.41, 5.74) is 2.87. The Balaban J connectivity index is 1.90. The molecule has 7 heteroatoms. The lowest BCUT2D eigenvalue weighted by Crippen LogP contribution is -2.31. The average molecular weight is 430 g/mol. The molecule has 30 heavy (non-hydrogen) atoms. The van der Waals surface area contributed by atoms with Crippen molar-refractivity contribution in [3.63, 3.8) is 0 Å². The maximum atomic E-state index is 13.1. The van der Waals surface area contributed by atoms with Crippen LogP contribution in [-0.4, -0.2) is 44.8 Å². The van der Waals surface area contributed by atoms with Crippen LogP contribution < -0.4 is 10.2 Å². The number of sulfonamides is 1. The molecule has 1 aliphatic rings. The van der Waals surface area contributed by atoms with Crippen molar-refractivity contribution in [1.29, 1.82) is 0 Å². The van der Waals surface area contributed by atoms with Gasteiger partial charge >= 0.3 is 0 Å². The SMILES string of the molecule is CCN(CC)S(=O)(=O)c1ccc(C)c(C(=O)Nc2ccccc2N2CCCCC2)c1. The number of hydrogen-bond acceptors (Lipinski definition) is 4. The van der Waals surface area contributed by atoms with Crippen molar-refractivity contribution in [2.75, 3.05) is 36.4 Å². The topological polar surface area (TPSA) is 69.7 Å². The maximum absolute atomic E-state index is 13.1. The van der Waals surface area contributed by atoms with Crippen LogP contribution in [0.4, 0.5) is 11.4 Å². The number of para-hydroxylation sites is 2. The highest BCUT2D eigenvalue weighted by Gasteiger charge is 2.24. The quantitative estimate of drug-likeness (QED) is 0.714. The van der Waals surface area contributed by atoms with Gasteiger partial charge in [-0.15, -0.1) is 0 Å². The number of carbonyl (C=O) groups excluding carboxylic acids is 1. The number of rotatable bonds is 7. The van der Waals surface area contributed by atoms with Gasteiger partial charge in [0, 0.05) is 31.7 Å². The number of nitrogens with zero attached hydrogens (tertiary/aromatic N) is 2. The number of benzene rings is 2. The van der Waals surface area contributed by atoms with E-state index in [-0.39, 0.29) is 10.8 Å². The number of nitrogens with one attached hydrogen (secondary N) is 1. The van der Waals surface area contributed by atoms with Gasteiger partial charge in [-0.3, -0.25) is 4.79 Å². The van der Waals surface area contributed by atoms with Crippen LogP contribution in [0, 0.1) is 6.92 Å². The minimum Gasteiger partial charge on any atom is -0.370 e. The molecule has 6 nitrogen and oxygen atoms in total. The predicted octanol–water partition coefficient (Wildman–Crippen LogP) is 4.27. The fourth-order valence-electron chi connectivity index (χ4n) is 3.90. The fourth-order valence-corrected chi connectivity index (χ4v) is 5.38. The number of hydrogen-bond donors (Lipinski definition) is 1. The molecule has 0 aromatic heterocycles. The number of carbonyl (C=O) groups is 1. The molecule has 1 aliphatic heterocycles. The summed E-state index contributed by atoms with van der Waals surface area (Å²) in [6.45, 7) is 8.15. The van der Waals surface area contributed by atoms with Crippen molar-refractivity contribution >= 4 is 27.3 Å². The van der Waals surface area contributed by atoms with Gasteiger partial charge in [0.2, 0.25) is 10.0 Å². The van der Waals surface area contributed by atoms with E-state index in [2.05, 4.69) is 10.2 Å². The summed E-state index contributed by atoms with van der Waals surface area (Å²) in [5.74, 6) is -0.298. The molecule has 2 aromatic carbocycles. The third-order valence-corrected chi connectivity index (χ3v) is 7.69. The van der Waals surface area contributed by atoms with Crippen LogP contribution in [0.2, 0.25) is 0 Å². The smallest absolute Gasteiger partial charge is 0.256 e. The molecular weight excluding hydrogens is 398 g/mol. The largest absolute Gasteiger partial charge is 0.370 e. The first-order valence-corrected chi connectivity index (χ1v) is 12.1. The molecule has 1 fully saturated rings. The molecule has 0 saturated carbocycles. The zero-order valence-corrected chi connectivity index (χ0v) is 18.8. The number of amides is 1. The van der Waals surface area contributed by atoms with Crippen LogP contribution >= 0.6 is 0 Å². The molecule has 3 rings (SSSR count). The molecule has 1 N–H and O–H groups in total. The van der Waals surface area contributed by atoms with Crippen LogP contribution in [0.25, 0.3) is 0 Å². The van der Waals surface area contributed by atoms with Gasteiger partial charge < -0.3 is 10.2 Å². The van der Waals surface area contributed by atoms with Crippen LogP contribution in [0.5, 0.6) is 0 Å². The zero-order valence-electron chi connectivity index (χ0n) is 18.0. The van der Waals surface area contributed by atoms with Gasteiger partial charge in [-0.2, -0.15) is 4.31 Å². The van der Waals surface area contributed by atoms with E-state index in [4.69, 9.17) is 0 Å². The summed E-state index contributed by atoms with van der Waals surface area (Å²) in [6.07, 6.45) is 3.53. The monoisotopic (exact) mass is 429 g/mol. The standard InChI is InChI=1S/C23H31N3O3S/c1-4-26(5-2)30(28,29)19-14-13-18(3)20(17-19)23(27)24-21-11-7-8-12-22(21)25-15-9-6-10-16-25/h7-8,11-14,17H,4-6,9-10,15-16H2,1-3H3,(H,24,27). The van der Waals surface area contributed by atoms with E-state index in [1.54, 1.807) is 26.0 Å². The Hall–Kier alpha value is -2.38. The number of piperidine rings is 1. The molecule has 2 aromatic rings. The molecule has 0 bridgehead atoms. The normalized spacial score (nSPS) is 14.7. The third kappa shape index (κ3) is 4.68. The first kappa shape index (κ1) is 22.3. The minimum atomic E-state index is -3.63. The predicted molar refractivity (Wildman–Crippen MR) is 122 cm³/mol. The Morgan fingerprint density at radius 1 is 1.03 bits per heavy atom. The molecule has 1 amide bonds. The van der Waals surface area contributed by atoms with Gasteiger partial charge in [0.15, 0.2) is 0 Å². The summed E-state index contributed by atoms with van der Waals surface area (Å²) < 4.78 is 27.2. The highest BCUT2D eigenvalue weighted by molar-refractivity contribution is 7.89. The highest BCUT2D eigenvalue weighted by atomic mass is 32.2. The van der Waals surface area contributed by atoms with Crippen LogP contribution in [0.1, 0.15) is 49.0 Å².